The number of aldehydes is 1. The van der Waals surface area contributed by atoms with Gasteiger partial charge in [0.1, 0.15) is 18.1 Å². The summed E-state index contributed by atoms with van der Waals surface area (Å²) in [7, 11) is 0. The molecule has 0 radical (unpaired) electrons. The number of hydrogen-bond acceptors (Lipinski definition) is 8. The van der Waals surface area contributed by atoms with Crippen molar-refractivity contribution in [1.29, 1.82) is 0 Å². The summed E-state index contributed by atoms with van der Waals surface area (Å²) in [4.78, 5) is 20.7. The molecule has 1 aromatic carbocycles. The number of nitrogens with zero attached hydrogens (tertiary/aromatic N) is 4. The fourth-order valence-electron chi connectivity index (χ4n) is 3.86. The highest BCUT2D eigenvalue weighted by Gasteiger charge is 2.30. The van der Waals surface area contributed by atoms with Gasteiger partial charge in [-0.3, -0.25) is 5.01 Å². The Balaban J connectivity index is 1.61. The Hall–Kier alpha value is -3.00. The summed E-state index contributed by atoms with van der Waals surface area (Å²) < 4.78 is 0. The van der Waals surface area contributed by atoms with Crippen molar-refractivity contribution in [3.63, 3.8) is 0 Å². The van der Waals surface area contributed by atoms with E-state index < -0.39 is 6.04 Å². The van der Waals surface area contributed by atoms with Crippen molar-refractivity contribution >= 4 is 24.3 Å². The van der Waals surface area contributed by atoms with Crippen molar-refractivity contribution in [2.45, 2.75) is 45.3 Å². The number of carbonyl (C=O) groups excluding carboxylic acids is 1. The second kappa shape index (κ2) is 8.57. The zero-order valence-electron chi connectivity index (χ0n) is 16.7. The van der Waals surface area contributed by atoms with Gasteiger partial charge in [-0.05, 0) is 36.1 Å². The van der Waals surface area contributed by atoms with Crippen molar-refractivity contribution in [2.75, 3.05) is 24.1 Å². The zero-order valence-corrected chi connectivity index (χ0v) is 16.7. The number of fused-ring (bicyclic) bond motifs is 2. The topological polar surface area (TPSA) is 109 Å². The molecule has 4 N–H and O–H groups in total. The highest BCUT2D eigenvalue weighted by molar-refractivity contribution is 5.86. The van der Waals surface area contributed by atoms with Gasteiger partial charge >= 0.3 is 0 Å². The molecular weight excluding hydrogens is 366 g/mol. The number of nitrogens with one attached hydrogen (secondary N) is 2. The summed E-state index contributed by atoms with van der Waals surface area (Å²) in [6.07, 6.45) is 5.66. The molecule has 0 saturated carbocycles. The molecule has 0 saturated heterocycles. The standard InChI is InChI=1S/C21H27N7O/c1-2-3-7-24-20-19-17(26-21(22)27-20)11-25-28(18(19)13-29)12-14-4-5-16-10-23-8-6-15(16)9-14/h4-5,9,11,13,18,23H,2-3,6-8,10,12H2,1H3,(H3,22,24,26,27). The van der Waals surface area contributed by atoms with Crippen LogP contribution in [0.2, 0.25) is 0 Å². The van der Waals surface area contributed by atoms with E-state index in [4.69, 9.17) is 5.73 Å². The number of nitrogen functional groups attached to an aromatic ring is 1. The van der Waals surface area contributed by atoms with Gasteiger partial charge in [0.15, 0.2) is 0 Å². The highest BCUT2D eigenvalue weighted by atomic mass is 16.1. The lowest BCUT2D eigenvalue weighted by Gasteiger charge is -2.31. The summed E-state index contributed by atoms with van der Waals surface area (Å²) in [5.74, 6) is 0.793. The van der Waals surface area contributed by atoms with Crippen LogP contribution in [0.25, 0.3) is 0 Å². The second-order valence-electron chi connectivity index (χ2n) is 7.46. The van der Waals surface area contributed by atoms with E-state index in [1.807, 2.05) is 0 Å². The molecule has 0 aliphatic carbocycles. The van der Waals surface area contributed by atoms with Crippen molar-refractivity contribution in [3.8, 4) is 0 Å². The molecule has 0 amide bonds. The minimum absolute atomic E-state index is 0.176. The van der Waals surface area contributed by atoms with Gasteiger partial charge in [-0.1, -0.05) is 31.5 Å². The third-order valence-corrected chi connectivity index (χ3v) is 5.39. The van der Waals surface area contributed by atoms with Gasteiger partial charge in [0.2, 0.25) is 5.95 Å². The maximum absolute atomic E-state index is 12.1. The summed E-state index contributed by atoms with van der Waals surface area (Å²) >= 11 is 0. The number of hydrazone groups is 1. The average Bonchev–Trinajstić information content (AvgIpc) is 2.73. The molecule has 0 spiro atoms. The van der Waals surface area contributed by atoms with Gasteiger partial charge in [-0.15, -0.1) is 0 Å². The van der Waals surface area contributed by atoms with Crippen molar-refractivity contribution < 1.29 is 4.79 Å². The lowest BCUT2D eigenvalue weighted by molar-refractivity contribution is -0.112. The molecule has 8 heteroatoms. The molecule has 1 aromatic heterocycles. The van der Waals surface area contributed by atoms with E-state index in [1.54, 1.807) is 11.2 Å². The zero-order chi connectivity index (χ0) is 20.2. The van der Waals surface area contributed by atoms with Crippen LogP contribution in [0.5, 0.6) is 0 Å². The normalized spacial score (nSPS) is 17.6. The Morgan fingerprint density at radius 3 is 3.07 bits per heavy atom. The second-order valence-corrected chi connectivity index (χ2v) is 7.46. The number of rotatable bonds is 7. The van der Waals surface area contributed by atoms with E-state index in [9.17, 15) is 4.79 Å². The van der Waals surface area contributed by atoms with Gasteiger partial charge in [0.25, 0.3) is 0 Å². The average molecular weight is 393 g/mol. The molecule has 0 bridgehead atoms. The lowest BCUT2D eigenvalue weighted by atomic mass is 9.98. The highest BCUT2D eigenvalue weighted by Crippen LogP contribution is 2.32. The predicted octanol–water partition coefficient (Wildman–Crippen LogP) is 2.01. The molecule has 3 heterocycles. The van der Waals surface area contributed by atoms with Crippen LogP contribution in [0.1, 0.15) is 53.8 Å². The summed E-state index contributed by atoms with van der Waals surface area (Å²) in [6.45, 7) is 5.34. The Labute approximate surface area is 170 Å². The number of aromatic nitrogens is 2. The van der Waals surface area contributed by atoms with Crippen LogP contribution >= 0.6 is 0 Å². The van der Waals surface area contributed by atoms with Crippen molar-refractivity contribution in [2.24, 2.45) is 5.10 Å². The largest absolute Gasteiger partial charge is 0.370 e. The first-order valence-electron chi connectivity index (χ1n) is 10.2. The van der Waals surface area contributed by atoms with Crippen molar-refractivity contribution in [1.82, 2.24) is 20.3 Å². The molecule has 2 aliphatic heterocycles. The molecule has 0 fully saturated rings. The first-order chi connectivity index (χ1) is 14.2. The van der Waals surface area contributed by atoms with Crippen LogP contribution in [-0.4, -0.2) is 40.6 Å². The third-order valence-electron chi connectivity index (χ3n) is 5.39. The number of benzene rings is 1. The Morgan fingerprint density at radius 1 is 1.34 bits per heavy atom. The molecule has 8 nitrogen and oxygen atoms in total. The van der Waals surface area contributed by atoms with Gasteiger partial charge in [0.05, 0.1) is 24.0 Å². The minimum atomic E-state index is -0.558. The summed E-state index contributed by atoms with van der Waals surface area (Å²) in [5.41, 5.74) is 11.0. The SMILES string of the molecule is CCCCNc1nc(N)nc2c1C(C=O)N(Cc1ccc3c(c1)CCNC3)N=C2. The van der Waals surface area contributed by atoms with E-state index in [0.717, 1.165) is 56.3 Å². The van der Waals surface area contributed by atoms with Crippen LogP contribution in [0.3, 0.4) is 0 Å². The number of carbonyl (C=O) groups is 1. The molecule has 29 heavy (non-hydrogen) atoms. The maximum Gasteiger partial charge on any atom is 0.222 e. The maximum atomic E-state index is 12.1. The van der Waals surface area contributed by atoms with Crippen LogP contribution in [0, 0.1) is 0 Å². The fraction of sp³-hybridized carbons (Fsp3) is 0.429. The van der Waals surface area contributed by atoms with Crippen LogP contribution in [-0.2, 0) is 24.3 Å². The molecule has 1 unspecified atom stereocenters. The molecule has 2 aliphatic rings. The van der Waals surface area contributed by atoms with Crippen LogP contribution in [0.15, 0.2) is 23.3 Å². The van der Waals surface area contributed by atoms with Crippen LogP contribution in [0.4, 0.5) is 11.8 Å². The van der Waals surface area contributed by atoms with Gasteiger partial charge in [0, 0.05) is 13.1 Å². The number of unbranched alkanes of at least 4 members (excludes halogenated alkanes) is 1. The number of anilines is 2. The van der Waals surface area contributed by atoms with Gasteiger partial charge in [-0.25, -0.2) is 4.98 Å². The van der Waals surface area contributed by atoms with Crippen LogP contribution < -0.4 is 16.4 Å². The Morgan fingerprint density at radius 2 is 2.24 bits per heavy atom. The van der Waals surface area contributed by atoms with E-state index in [2.05, 4.69) is 50.8 Å². The predicted molar refractivity (Wildman–Crippen MR) is 114 cm³/mol. The first-order valence-corrected chi connectivity index (χ1v) is 10.2. The summed E-state index contributed by atoms with van der Waals surface area (Å²) in [5, 5.41) is 13.0. The monoisotopic (exact) mass is 393 g/mol. The van der Waals surface area contributed by atoms with E-state index >= 15 is 0 Å². The molecule has 4 rings (SSSR count). The molecular formula is C21H27N7O. The quantitative estimate of drug-likeness (QED) is 0.488. The number of nitrogens with two attached hydrogens (primary N) is 1. The fourth-order valence-corrected chi connectivity index (χ4v) is 3.86. The third kappa shape index (κ3) is 4.07. The summed E-state index contributed by atoms with van der Waals surface area (Å²) in [6, 6.07) is 5.94. The smallest absolute Gasteiger partial charge is 0.222 e. The number of hydrogen-bond donors (Lipinski definition) is 3. The molecule has 152 valence electrons. The Bertz CT molecular complexity index is 927. The van der Waals surface area contributed by atoms with Crippen molar-refractivity contribution in [3.05, 3.63) is 46.1 Å². The van der Waals surface area contributed by atoms with Gasteiger partial charge < -0.3 is 21.2 Å². The molecule has 2 aromatic rings. The first kappa shape index (κ1) is 19.3. The molecule has 1 atom stereocenters. The lowest BCUT2D eigenvalue weighted by Crippen LogP contribution is -2.31. The van der Waals surface area contributed by atoms with E-state index in [1.165, 1.54) is 11.1 Å². The van der Waals surface area contributed by atoms with E-state index in [-0.39, 0.29) is 5.95 Å². The van der Waals surface area contributed by atoms with E-state index in [0.29, 0.717) is 18.1 Å². The van der Waals surface area contributed by atoms with Gasteiger partial charge in [-0.2, -0.15) is 10.1 Å². The Kier molecular flexibility index (Phi) is 5.71. The minimum Gasteiger partial charge on any atom is -0.370 e.